The van der Waals surface area contributed by atoms with E-state index in [-0.39, 0.29) is 12.2 Å². The quantitative estimate of drug-likeness (QED) is 0.881. The highest BCUT2D eigenvalue weighted by Gasteiger charge is 2.35. The van der Waals surface area contributed by atoms with Gasteiger partial charge in [0, 0.05) is 25.3 Å². The molecule has 1 N–H and O–H groups in total. The van der Waals surface area contributed by atoms with Gasteiger partial charge in [0.15, 0.2) is 0 Å². The van der Waals surface area contributed by atoms with Crippen LogP contribution in [-0.2, 0) is 10.3 Å². The van der Waals surface area contributed by atoms with E-state index in [0.717, 1.165) is 50.1 Å². The van der Waals surface area contributed by atoms with Gasteiger partial charge in [-0.1, -0.05) is 48.5 Å². The van der Waals surface area contributed by atoms with Gasteiger partial charge in [-0.2, -0.15) is 0 Å². The van der Waals surface area contributed by atoms with E-state index < -0.39 is 5.60 Å². The minimum atomic E-state index is -0.721. The van der Waals surface area contributed by atoms with Crippen molar-refractivity contribution in [3.05, 3.63) is 66.2 Å². The molecule has 0 bridgehead atoms. The van der Waals surface area contributed by atoms with Crippen molar-refractivity contribution < 1.29 is 14.6 Å². The summed E-state index contributed by atoms with van der Waals surface area (Å²) in [7, 11) is 0. The van der Waals surface area contributed by atoms with Gasteiger partial charge in [-0.15, -0.1) is 0 Å². The maximum absolute atomic E-state index is 12.1. The molecule has 27 heavy (non-hydrogen) atoms. The number of benzene rings is 2. The normalized spacial score (nSPS) is 22.6. The number of hydrogen-bond donors (Lipinski definition) is 1. The van der Waals surface area contributed by atoms with E-state index in [4.69, 9.17) is 4.74 Å². The van der Waals surface area contributed by atoms with Crippen molar-refractivity contribution >= 4 is 11.8 Å². The van der Waals surface area contributed by atoms with Crippen LogP contribution < -0.4 is 4.90 Å². The van der Waals surface area contributed by atoms with Crippen molar-refractivity contribution in [2.45, 2.75) is 31.0 Å². The molecule has 0 aromatic heterocycles. The van der Waals surface area contributed by atoms with Crippen LogP contribution in [0.3, 0.4) is 0 Å². The topological polar surface area (TPSA) is 53.0 Å². The highest BCUT2D eigenvalue weighted by Crippen LogP contribution is 2.33. The summed E-state index contributed by atoms with van der Waals surface area (Å²) in [5, 5.41) is 10.9. The second-order valence-electron chi connectivity index (χ2n) is 7.48. The lowest BCUT2D eigenvalue weighted by Gasteiger charge is -2.38. The maximum Gasteiger partial charge on any atom is 0.414 e. The fraction of sp³-hybridized carbons (Fsp3) is 0.409. The minimum Gasteiger partial charge on any atom is -0.444 e. The Bertz CT molecular complexity index is 758. The molecule has 1 amide bonds. The molecule has 2 saturated heterocycles. The third-order valence-corrected chi connectivity index (χ3v) is 5.70. The van der Waals surface area contributed by atoms with E-state index in [0.29, 0.717) is 6.54 Å². The SMILES string of the molecule is O=C1OC(CCN2CCC(O)(c3ccccc3)CC2)CN1c1ccccc1. The van der Waals surface area contributed by atoms with Crippen molar-refractivity contribution in [2.75, 3.05) is 31.1 Å². The molecular formula is C22H26N2O3. The van der Waals surface area contributed by atoms with Gasteiger partial charge in [0.2, 0.25) is 0 Å². The fourth-order valence-corrected chi connectivity index (χ4v) is 4.00. The van der Waals surface area contributed by atoms with E-state index in [1.807, 2.05) is 60.7 Å². The Labute approximate surface area is 160 Å². The molecule has 2 aliphatic rings. The molecule has 2 aromatic carbocycles. The molecule has 2 fully saturated rings. The molecule has 1 unspecified atom stereocenters. The predicted molar refractivity (Wildman–Crippen MR) is 105 cm³/mol. The summed E-state index contributed by atoms with van der Waals surface area (Å²) in [6.07, 6.45) is 1.95. The Hall–Kier alpha value is -2.37. The van der Waals surface area contributed by atoms with Crippen molar-refractivity contribution in [3.63, 3.8) is 0 Å². The average Bonchev–Trinajstić information content (AvgIpc) is 3.09. The number of ether oxygens (including phenoxy) is 1. The Kier molecular flexibility index (Phi) is 5.14. The summed E-state index contributed by atoms with van der Waals surface area (Å²) in [6, 6.07) is 19.6. The number of nitrogens with zero attached hydrogens (tertiary/aromatic N) is 2. The number of amides is 1. The predicted octanol–water partition coefficient (Wildman–Crippen LogP) is 3.39. The number of rotatable bonds is 5. The fourth-order valence-electron chi connectivity index (χ4n) is 4.00. The zero-order valence-electron chi connectivity index (χ0n) is 15.5. The van der Waals surface area contributed by atoms with Gasteiger partial charge < -0.3 is 14.7 Å². The number of cyclic esters (lactones) is 1. The number of carbonyl (C=O) groups excluding carboxylic acids is 1. The highest BCUT2D eigenvalue weighted by molar-refractivity contribution is 5.89. The van der Waals surface area contributed by atoms with Crippen LogP contribution in [0.1, 0.15) is 24.8 Å². The van der Waals surface area contributed by atoms with Crippen LogP contribution in [0.15, 0.2) is 60.7 Å². The van der Waals surface area contributed by atoms with Gasteiger partial charge in [-0.05, 0) is 37.0 Å². The summed E-state index contributed by atoms with van der Waals surface area (Å²) >= 11 is 0. The van der Waals surface area contributed by atoms with Gasteiger partial charge in [0.1, 0.15) is 6.10 Å². The average molecular weight is 366 g/mol. The number of likely N-dealkylation sites (tertiary alicyclic amines) is 1. The van der Waals surface area contributed by atoms with Gasteiger partial charge in [-0.25, -0.2) is 4.79 Å². The smallest absolute Gasteiger partial charge is 0.414 e. The van der Waals surface area contributed by atoms with Crippen LogP contribution in [0.25, 0.3) is 0 Å². The van der Waals surface area contributed by atoms with Crippen LogP contribution in [0, 0.1) is 0 Å². The Morgan fingerprint density at radius 1 is 1.00 bits per heavy atom. The van der Waals surface area contributed by atoms with Crippen LogP contribution in [0.2, 0.25) is 0 Å². The van der Waals surface area contributed by atoms with E-state index in [2.05, 4.69) is 4.90 Å². The number of hydrogen-bond acceptors (Lipinski definition) is 4. The molecule has 0 saturated carbocycles. The molecule has 1 atom stereocenters. The molecule has 142 valence electrons. The van der Waals surface area contributed by atoms with Crippen LogP contribution >= 0.6 is 0 Å². The first-order chi connectivity index (χ1) is 13.1. The maximum atomic E-state index is 12.1. The number of aliphatic hydroxyl groups is 1. The van der Waals surface area contributed by atoms with Gasteiger partial charge >= 0.3 is 6.09 Å². The van der Waals surface area contributed by atoms with Gasteiger partial charge in [0.25, 0.3) is 0 Å². The first-order valence-electron chi connectivity index (χ1n) is 9.67. The molecular weight excluding hydrogens is 340 g/mol. The Morgan fingerprint density at radius 3 is 2.30 bits per heavy atom. The lowest BCUT2D eigenvalue weighted by atomic mass is 9.84. The summed E-state index contributed by atoms with van der Waals surface area (Å²) in [6.45, 7) is 3.19. The molecule has 5 nitrogen and oxygen atoms in total. The molecule has 5 heteroatoms. The van der Waals surface area contributed by atoms with Crippen LogP contribution in [0.5, 0.6) is 0 Å². The largest absolute Gasteiger partial charge is 0.444 e. The number of para-hydroxylation sites is 1. The first-order valence-corrected chi connectivity index (χ1v) is 9.67. The number of carbonyl (C=O) groups is 1. The third kappa shape index (κ3) is 3.99. The number of anilines is 1. The molecule has 0 spiro atoms. The molecule has 2 heterocycles. The second-order valence-corrected chi connectivity index (χ2v) is 7.48. The molecule has 2 aromatic rings. The van der Waals surface area contributed by atoms with Crippen molar-refractivity contribution in [1.82, 2.24) is 4.90 Å². The Morgan fingerprint density at radius 2 is 1.63 bits per heavy atom. The monoisotopic (exact) mass is 366 g/mol. The van der Waals surface area contributed by atoms with E-state index in [1.54, 1.807) is 4.90 Å². The van der Waals surface area contributed by atoms with E-state index in [1.165, 1.54) is 0 Å². The molecule has 4 rings (SSSR count). The number of piperidine rings is 1. The van der Waals surface area contributed by atoms with Crippen molar-refractivity contribution in [2.24, 2.45) is 0 Å². The summed E-state index contributed by atoms with van der Waals surface area (Å²) in [5.41, 5.74) is 1.17. The first kappa shape index (κ1) is 18.0. The second kappa shape index (κ2) is 7.71. The molecule has 0 radical (unpaired) electrons. The van der Waals surface area contributed by atoms with E-state index in [9.17, 15) is 9.90 Å². The zero-order chi connectivity index (χ0) is 18.7. The minimum absolute atomic E-state index is 0.0763. The summed E-state index contributed by atoms with van der Waals surface area (Å²) in [4.78, 5) is 16.2. The highest BCUT2D eigenvalue weighted by atomic mass is 16.6. The van der Waals surface area contributed by atoms with Gasteiger partial charge in [-0.3, -0.25) is 4.90 Å². The molecule has 0 aliphatic carbocycles. The van der Waals surface area contributed by atoms with Crippen molar-refractivity contribution in [3.8, 4) is 0 Å². The van der Waals surface area contributed by atoms with Crippen LogP contribution in [-0.4, -0.2) is 48.4 Å². The van der Waals surface area contributed by atoms with Crippen LogP contribution in [0.4, 0.5) is 10.5 Å². The van der Waals surface area contributed by atoms with Crippen molar-refractivity contribution in [1.29, 1.82) is 0 Å². The summed E-state index contributed by atoms with van der Waals surface area (Å²) < 4.78 is 5.54. The lowest BCUT2D eigenvalue weighted by molar-refractivity contribution is -0.0275. The molecule has 2 aliphatic heterocycles. The zero-order valence-corrected chi connectivity index (χ0v) is 15.5. The van der Waals surface area contributed by atoms with Gasteiger partial charge in [0.05, 0.1) is 12.1 Å². The standard InChI is InChI=1S/C22H26N2O3/c25-21-24(19-9-5-2-6-10-19)17-20(27-21)11-14-23-15-12-22(26,13-16-23)18-7-3-1-4-8-18/h1-10,20,26H,11-17H2. The lowest BCUT2D eigenvalue weighted by Crippen LogP contribution is -2.43. The summed E-state index contributed by atoms with van der Waals surface area (Å²) in [5.74, 6) is 0. The van der Waals surface area contributed by atoms with E-state index >= 15 is 0 Å². The Balaban J connectivity index is 1.27. The third-order valence-electron chi connectivity index (χ3n) is 5.70.